The number of hydrogen-bond donors (Lipinski definition) is 1. The molecule has 0 spiro atoms. The molecule has 1 aliphatic rings. The zero-order valence-corrected chi connectivity index (χ0v) is 18.6. The molecule has 0 unspecified atom stereocenters. The number of carbonyl (C=O) groups is 1. The molecule has 1 N–H and O–H groups in total. The van der Waals surface area contributed by atoms with Gasteiger partial charge in [0.25, 0.3) is 0 Å². The van der Waals surface area contributed by atoms with E-state index in [1.54, 1.807) is 12.1 Å². The Hall–Kier alpha value is -2.31. The summed E-state index contributed by atoms with van der Waals surface area (Å²) in [6.45, 7) is 12.6. The van der Waals surface area contributed by atoms with Gasteiger partial charge in [-0.3, -0.25) is 9.69 Å². The van der Waals surface area contributed by atoms with E-state index in [2.05, 4.69) is 23.7 Å². The third-order valence-corrected chi connectivity index (χ3v) is 5.89. The number of nitrogens with one attached hydrogen (secondary N) is 1. The van der Waals surface area contributed by atoms with Gasteiger partial charge in [-0.15, -0.1) is 0 Å². The Labute approximate surface area is 181 Å². The summed E-state index contributed by atoms with van der Waals surface area (Å²) < 4.78 is 11.1. The van der Waals surface area contributed by atoms with Crippen LogP contribution in [-0.4, -0.2) is 43.1 Å². The summed E-state index contributed by atoms with van der Waals surface area (Å²) in [6.07, 6.45) is 2.22. The number of rotatable bonds is 8. The quantitative estimate of drug-likeness (QED) is 0.506. The predicted octanol–water partition coefficient (Wildman–Crippen LogP) is 3.85. The summed E-state index contributed by atoms with van der Waals surface area (Å²) in [6, 6.07) is 3.68. The van der Waals surface area contributed by atoms with Gasteiger partial charge in [-0.05, 0) is 57.0 Å². The first kappa shape index (κ1) is 22.4. The Kier molecular flexibility index (Phi) is 7.21. The van der Waals surface area contributed by atoms with Crippen LogP contribution in [-0.2, 0) is 11.2 Å². The van der Waals surface area contributed by atoms with E-state index in [1.165, 1.54) is 0 Å². The van der Waals surface area contributed by atoms with Crippen molar-refractivity contribution in [2.45, 2.75) is 46.1 Å². The Morgan fingerprint density at radius 3 is 2.90 bits per heavy atom. The standard InChI is InChI=1S/C23H29ClN2O4/c1-5-26-8-6-7-16(26)12-25-22(27)10-18-15(4)17-9-19(24)21(29-13-14(2)3)11-20(17)30-23(18)28/h9,11,16H,2,5-8,10,12-13H2,1,3-4H3,(H,25,27)/t16-/m0/s1. The number of nitrogens with zero attached hydrogens (tertiary/aromatic N) is 1. The first-order valence-electron chi connectivity index (χ1n) is 10.3. The van der Waals surface area contributed by atoms with E-state index in [1.807, 2.05) is 13.8 Å². The molecule has 0 saturated carbocycles. The van der Waals surface area contributed by atoms with Crippen molar-refractivity contribution in [1.82, 2.24) is 10.2 Å². The van der Waals surface area contributed by atoms with Gasteiger partial charge in [-0.1, -0.05) is 25.1 Å². The van der Waals surface area contributed by atoms with Crippen LogP contribution in [0.2, 0.25) is 5.02 Å². The van der Waals surface area contributed by atoms with Crippen molar-refractivity contribution < 1.29 is 13.9 Å². The lowest BCUT2D eigenvalue weighted by Gasteiger charge is -2.22. The Morgan fingerprint density at radius 1 is 1.43 bits per heavy atom. The summed E-state index contributed by atoms with van der Waals surface area (Å²) in [5.41, 5.74) is 1.77. The van der Waals surface area contributed by atoms with Crippen molar-refractivity contribution in [1.29, 1.82) is 0 Å². The first-order valence-corrected chi connectivity index (χ1v) is 10.7. The van der Waals surface area contributed by atoms with Crippen LogP contribution in [0.1, 0.15) is 37.8 Å². The van der Waals surface area contributed by atoms with Crippen LogP contribution < -0.4 is 15.7 Å². The molecule has 7 heteroatoms. The van der Waals surface area contributed by atoms with Gasteiger partial charge in [0.05, 0.1) is 17.0 Å². The van der Waals surface area contributed by atoms with E-state index in [9.17, 15) is 9.59 Å². The van der Waals surface area contributed by atoms with E-state index >= 15 is 0 Å². The third kappa shape index (κ3) is 5.05. The van der Waals surface area contributed by atoms with Crippen LogP contribution in [0.15, 0.2) is 33.5 Å². The highest BCUT2D eigenvalue weighted by Crippen LogP contribution is 2.32. The number of aryl methyl sites for hydroxylation is 1. The van der Waals surface area contributed by atoms with E-state index in [0.29, 0.717) is 52.1 Å². The number of likely N-dealkylation sites (tertiary alicyclic amines) is 1. The van der Waals surface area contributed by atoms with E-state index in [0.717, 1.165) is 31.5 Å². The van der Waals surface area contributed by atoms with Crippen LogP contribution in [0.25, 0.3) is 11.0 Å². The Bertz CT molecular complexity index is 1010. The highest BCUT2D eigenvalue weighted by molar-refractivity contribution is 6.32. The number of ether oxygens (including phenoxy) is 1. The number of likely N-dealkylation sites (N-methyl/N-ethyl adjacent to an activating group) is 1. The maximum absolute atomic E-state index is 12.6. The largest absolute Gasteiger partial charge is 0.488 e. The van der Waals surface area contributed by atoms with Gasteiger partial charge >= 0.3 is 5.63 Å². The summed E-state index contributed by atoms with van der Waals surface area (Å²) >= 11 is 6.35. The Balaban J connectivity index is 1.77. The zero-order valence-electron chi connectivity index (χ0n) is 17.8. The summed E-state index contributed by atoms with van der Waals surface area (Å²) in [7, 11) is 0. The number of halogens is 1. The van der Waals surface area contributed by atoms with Gasteiger partial charge in [0.15, 0.2) is 0 Å². The molecular formula is C23H29ClN2O4. The molecule has 30 heavy (non-hydrogen) atoms. The molecule has 0 bridgehead atoms. The van der Waals surface area contributed by atoms with E-state index < -0.39 is 5.63 Å². The molecule has 1 saturated heterocycles. The van der Waals surface area contributed by atoms with Crippen LogP contribution in [0, 0.1) is 6.92 Å². The molecule has 3 rings (SSSR count). The van der Waals surface area contributed by atoms with Gasteiger partial charge in [0, 0.05) is 24.0 Å². The Morgan fingerprint density at radius 2 is 2.20 bits per heavy atom. The fourth-order valence-electron chi connectivity index (χ4n) is 3.90. The molecule has 2 aromatic rings. The van der Waals surface area contributed by atoms with E-state index in [4.69, 9.17) is 20.8 Å². The lowest BCUT2D eigenvalue weighted by atomic mass is 10.0. The summed E-state index contributed by atoms with van der Waals surface area (Å²) in [4.78, 5) is 27.4. The van der Waals surface area contributed by atoms with Crippen LogP contribution in [0.3, 0.4) is 0 Å². The molecule has 1 atom stereocenters. The summed E-state index contributed by atoms with van der Waals surface area (Å²) in [5, 5.41) is 4.08. The summed E-state index contributed by atoms with van der Waals surface area (Å²) in [5.74, 6) is 0.248. The van der Waals surface area contributed by atoms with Gasteiger partial charge in [-0.25, -0.2) is 4.79 Å². The highest BCUT2D eigenvalue weighted by Gasteiger charge is 2.24. The lowest BCUT2D eigenvalue weighted by Crippen LogP contribution is -2.40. The molecule has 1 fully saturated rings. The van der Waals surface area contributed by atoms with Gasteiger partial charge < -0.3 is 14.5 Å². The van der Waals surface area contributed by atoms with Gasteiger partial charge in [-0.2, -0.15) is 0 Å². The molecule has 1 amide bonds. The molecule has 2 heterocycles. The number of amides is 1. The lowest BCUT2D eigenvalue weighted by molar-refractivity contribution is -0.120. The topological polar surface area (TPSA) is 71.8 Å². The monoisotopic (exact) mass is 432 g/mol. The molecule has 0 aliphatic carbocycles. The average Bonchev–Trinajstić information content (AvgIpc) is 3.16. The second kappa shape index (κ2) is 9.67. The van der Waals surface area contributed by atoms with Crippen LogP contribution in [0.5, 0.6) is 5.75 Å². The molecule has 1 aromatic carbocycles. The second-order valence-electron chi connectivity index (χ2n) is 7.92. The smallest absolute Gasteiger partial charge is 0.340 e. The van der Waals surface area contributed by atoms with E-state index in [-0.39, 0.29) is 12.3 Å². The molecule has 0 radical (unpaired) electrons. The molecule has 1 aliphatic heterocycles. The highest BCUT2D eigenvalue weighted by atomic mass is 35.5. The van der Waals surface area contributed by atoms with Crippen molar-refractivity contribution in [3.63, 3.8) is 0 Å². The number of benzene rings is 1. The van der Waals surface area contributed by atoms with Crippen molar-refractivity contribution in [3.8, 4) is 5.75 Å². The van der Waals surface area contributed by atoms with Crippen LogP contribution >= 0.6 is 11.6 Å². The first-order chi connectivity index (χ1) is 14.3. The second-order valence-corrected chi connectivity index (χ2v) is 8.33. The van der Waals surface area contributed by atoms with Crippen molar-refractivity contribution in [2.24, 2.45) is 0 Å². The molecule has 6 nitrogen and oxygen atoms in total. The van der Waals surface area contributed by atoms with Gasteiger partial charge in [0.2, 0.25) is 5.91 Å². The maximum Gasteiger partial charge on any atom is 0.340 e. The number of carbonyl (C=O) groups excluding carboxylic acids is 1. The minimum Gasteiger partial charge on any atom is -0.488 e. The normalized spacial score (nSPS) is 16.7. The van der Waals surface area contributed by atoms with Crippen LogP contribution in [0.4, 0.5) is 0 Å². The van der Waals surface area contributed by atoms with Crippen molar-refractivity contribution in [2.75, 3.05) is 26.2 Å². The average molecular weight is 433 g/mol. The van der Waals surface area contributed by atoms with Crippen molar-refractivity contribution in [3.05, 3.63) is 50.9 Å². The molecule has 162 valence electrons. The predicted molar refractivity (Wildman–Crippen MR) is 120 cm³/mol. The SMILES string of the molecule is C=C(C)COc1cc2oc(=O)c(CC(=O)NC[C@@H]3CCCN3CC)c(C)c2cc1Cl. The zero-order chi connectivity index (χ0) is 21.8. The van der Waals surface area contributed by atoms with Gasteiger partial charge in [0.1, 0.15) is 17.9 Å². The molecule has 1 aromatic heterocycles. The maximum atomic E-state index is 12.6. The van der Waals surface area contributed by atoms with Crippen molar-refractivity contribution >= 4 is 28.5 Å². The third-order valence-electron chi connectivity index (χ3n) is 5.59. The minimum atomic E-state index is -0.514. The number of hydrogen-bond acceptors (Lipinski definition) is 5. The number of fused-ring (bicyclic) bond motifs is 1. The molecular weight excluding hydrogens is 404 g/mol. The fourth-order valence-corrected chi connectivity index (χ4v) is 4.12. The minimum absolute atomic E-state index is 0.0194. The fraction of sp³-hybridized carbons (Fsp3) is 0.478.